The fourth-order valence-corrected chi connectivity index (χ4v) is 2.46. The lowest BCUT2D eigenvalue weighted by Gasteiger charge is -2.08. The Kier molecular flexibility index (Phi) is 4.70. The average Bonchev–Trinajstić information content (AvgIpc) is 2.98. The number of pyridine rings is 1. The molecule has 2 aromatic heterocycles. The van der Waals surface area contributed by atoms with E-state index in [9.17, 15) is 14.9 Å². The molecule has 3 rings (SSSR count). The second-order valence-corrected chi connectivity index (χ2v) is 5.26. The number of benzene rings is 1. The molecule has 0 aliphatic carbocycles. The van der Waals surface area contributed by atoms with Crippen LogP contribution < -0.4 is 10.1 Å². The molecular formula is C17H16N4O5. The number of anilines is 2. The number of hydrogen-bond donors (Lipinski definition) is 1. The molecule has 0 saturated carbocycles. The number of hydrogen-bond acceptors (Lipinski definition) is 7. The van der Waals surface area contributed by atoms with Gasteiger partial charge in [-0.2, -0.15) is 0 Å². The van der Waals surface area contributed by atoms with E-state index in [1.165, 1.54) is 22.7 Å². The summed E-state index contributed by atoms with van der Waals surface area (Å²) in [4.78, 5) is 27.3. The van der Waals surface area contributed by atoms with E-state index in [0.29, 0.717) is 17.1 Å². The molecule has 0 aliphatic rings. The zero-order chi connectivity index (χ0) is 18.7. The van der Waals surface area contributed by atoms with Crippen molar-refractivity contribution in [1.82, 2.24) is 9.38 Å². The first kappa shape index (κ1) is 17.2. The van der Waals surface area contributed by atoms with E-state index in [1.54, 1.807) is 38.3 Å². The molecular weight excluding hydrogens is 340 g/mol. The molecule has 0 radical (unpaired) electrons. The van der Waals surface area contributed by atoms with E-state index in [-0.39, 0.29) is 23.8 Å². The second-order valence-electron chi connectivity index (χ2n) is 5.26. The molecule has 0 bridgehead atoms. The number of nitro groups is 1. The first-order valence-electron chi connectivity index (χ1n) is 7.78. The molecule has 9 nitrogen and oxygen atoms in total. The van der Waals surface area contributed by atoms with Crippen LogP contribution in [-0.2, 0) is 4.74 Å². The van der Waals surface area contributed by atoms with E-state index in [2.05, 4.69) is 10.3 Å². The molecule has 0 aliphatic heterocycles. The molecule has 1 N–H and O–H groups in total. The van der Waals surface area contributed by atoms with E-state index in [1.807, 2.05) is 0 Å². The van der Waals surface area contributed by atoms with E-state index < -0.39 is 10.9 Å². The fraction of sp³-hybridized carbons (Fsp3) is 0.176. The normalized spacial score (nSPS) is 10.5. The highest BCUT2D eigenvalue weighted by Gasteiger charge is 2.22. The molecule has 0 unspecified atom stereocenters. The van der Waals surface area contributed by atoms with Crippen molar-refractivity contribution >= 4 is 28.8 Å². The highest BCUT2D eigenvalue weighted by Crippen LogP contribution is 2.26. The van der Waals surface area contributed by atoms with Crippen molar-refractivity contribution in [3.05, 3.63) is 58.4 Å². The van der Waals surface area contributed by atoms with Gasteiger partial charge in [0, 0.05) is 17.8 Å². The monoisotopic (exact) mass is 356 g/mol. The second kappa shape index (κ2) is 7.09. The molecule has 0 atom stereocenters. The maximum absolute atomic E-state index is 12.4. The van der Waals surface area contributed by atoms with Crippen LogP contribution >= 0.6 is 0 Å². The van der Waals surface area contributed by atoms with Crippen LogP contribution in [0.4, 0.5) is 17.2 Å². The number of imidazole rings is 1. The standard InChI is InChI=1S/C17H16N4O5/c1-3-26-17(22)15-16(18-11-5-4-6-13(9-11)25-2)19-14-8-7-12(21(23)24)10-20(14)15/h4-10,18H,3H2,1-2H3. The third kappa shape index (κ3) is 3.27. The number of aromatic nitrogens is 2. The summed E-state index contributed by atoms with van der Waals surface area (Å²) >= 11 is 0. The Morgan fingerprint density at radius 1 is 1.35 bits per heavy atom. The van der Waals surface area contributed by atoms with Gasteiger partial charge in [-0.05, 0) is 25.1 Å². The largest absolute Gasteiger partial charge is 0.497 e. The van der Waals surface area contributed by atoms with Crippen molar-refractivity contribution < 1.29 is 19.2 Å². The van der Waals surface area contributed by atoms with Gasteiger partial charge in [0.05, 0.1) is 24.8 Å². The molecule has 3 aromatic rings. The molecule has 0 amide bonds. The number of rotatable bonds is 6. The molecule has 26 heavy (non-hydrogen) atoms. The van der Waals surface area contributed by atoms with E-state index in [0.717, 1.165) is 0 Å². The first-order chi connectivity index (χ1) is 12.5. The van der Waals surface area contributed by atoms with Crippen LogP contribution in [0.3, 0.4) is 0 Å². The van der Waals surface area contributed by atoms with Gasteiger partial charge in [0.15, 0.2) is 11.5 Å². The van der Waals surface area contributed by atoms with Gasteiger partial charge in [-0.1, -0.05) is 6.07 Å². The van der Waals surface area contributed by atoms with Crippen molar-refractivity contribution in [3.63, 3.8) is 0 Å². The topological polar surface area (TPSA) is 108 Å². The van der Waals surface area contributed by atoms with Gasteiger partial charge < -0.3 is 14.8 Å². The summed E-state index contributed by atoms with van der Waals surface area (Å²) in [5.41, 5.74) is 0.943. The van der Waals surface area contributed by atoms with Crippen LogP contribution in [0.1, 0.15) is 17.4 Å². The summed E-state index contributed by atoms with van der Waals surface area (Å²) in [6, 6.07) is 9.88. The summed E-state index contributed by atoms with van der Waals surface area (Å²) in [5.74, 6) is 0.232. The highest BCUT2D eigenvalue weighted by molar-refractivity contribution is 5.95. The van der Waals surface area contributed by atoms with Crippen molar-refractivity contribution in [3.8, 4) is 5.75 Å². The van der Waals surface area contributed by atoms with Gasteiger partial charge in [-0.3, -0.25) is 14.5 Å². The Labute approximate surface area is 148 Å². The van der Waals surface area contributed by atoms with Gasteiger partial charge in [-0.25, -0.2) is 9.78 Å². The molecule has 1 aromatic carbocycles. The number of nitrogens with zero attached hydrogens (tertiary/aromatic N) is 3. The maximum atomic E-state index is 12.4. The Hall–Kier alpha value is -3.62. The number of ether oxygens (including phenoxy) is 2. The number of nitrogens with one attached hydrogen (secondary N) is 1. The lowest BCUT2D eigenvalue weighted by Crippen LogP contribution is -2.10. The minimum atomic E-state index is -0.633. The minimum Gasteiger partial charge on any atom is -0.497 e. The summed E-state index contributed by atoms with van der Waals surface area (Å²) in [6.07, 6.45) is 1.24. The zero-order valence-corrected chi connectivity index (χ0v) is 14.1. The van der Waals surface area contributed by atoms with Gasteiger partial charge in [0.2, 0.25) is 0 Å². The third-order valence-electron chi connectivity index (χ3n) is 3.61. The molecule has 134 valence electrons. The zero-order valence-electron chi connectivity index (χ0n) is 14.1. The first-order valence-corrected chi connectivity index (χ1v) is 7.78. The van der Waals surface area contributed by atoms with Crippen LogP contribution in [0.15, 0.2) is 42.6 Å². The van der Waals surface area contributed by atoms with Gasteiger partial charge in [-0.15, -0.1) is 0 Å². The van der Waals surface area contributed by atoms with E-state index in [4.69, 9.17) is 9.47 Å². The molecule has 0 saturated heterocycles. The van der Waals surface area contributed by atoms with Crippen molar-refractivity contribution in [2.45, 2.75) is 6.92 Å². The maximum Gasteiger partial charge on any atom is 0.359 e. The van der Waals surface area contributed by atoms with Crippen molar-refractivity contribution in [2.75, 3.05) is 19.0 Å². The minimum absolute atomic E-state index is 0.0772. The number of fused-ring (bicyclic) bond motifs is 1. The van der Waals surface area contributed by atoms with Crippen LogP contribution in [0.2, 0.25) is 0 Å². The summed E-state index contributed by atoms with van der Waals surface area (Å²) < 4.78 is 11.6. The lowest BCUT2D eigenvalue weighted by molar-refractivity contribution is -0.385. The third-order valence-corrected chi connectivity index (χ3v) is 3.61. The SMILES string of the molecule is CCOC(=O)c1c(Nc2cccc(OC)c2)nc2ccc([N+](=O)[O-])cn12. The number of carbonyl (C=O) groups excluding carboxylic acids is 1. The summed E-state index contributed by atoms with van der Waals surface area (Å²) in [5, 5.41) is 14.1. The molecule has 9 heteroatoms. The van der Waals surface area contributed by atoms with Crippen molar-refractivity contribution in [2.24, 2.45) is 0 Å². The van der Waals surface area contributed by atoms with Crippen LogP contribution in [0.25, 0.3) is 5.65 Å². The Bertz CT molecular complexity index is 982. The number of carbonyl (C=O) groups is 1. The Balaban J connectivity index is 2.12. The molecule has 2 heterocycles. The van der Waals surface area contributed by atoms with Gasteiger partial charge >= 0.3 is 5.97 Å². The average molecular weight is 356 g/mol. The predicted molar refractivity (Wildman–Crippen MR) is 94.1 cm³/mol. The van der Waals surface area contributed by atoms with Gasteiger partial charge in [0.25, 0.3) is 5.69 Å². The van der Waals surface area contributed by atoms with Crippen LogP contribution in [-0.4, -0.2) is 34.0 Å². The molecule has 0 spiro atoms. The predicted octanol–water partition coefficient (Wildman–Crippen LogP) is 3.17. The van der Waals surface area contributed by atoms with Crippen molar-refractivity contribution in [1.29, 1.82) is 0 Å². The number of methoxy groups -OCH3 is 1. The summed E-state index contributed by atoms with van der Waals surface area (Å²) in [7, 11) is 1.55. The fourth-order valence-electron chi connectivity index (χ4n) is 2.46. The quantitative estimate of drug-likeness (QED) is 0.410. The Morgan fingerprint density at radius 2 is 2.15 bits per heavy atom. The smallest absolute Gasteiger partial charge is 0.359 e. The Morgan fingerprint density at radius 3 is 2.85 bits per heavy atom. The summed E-state index contributed by atoms with van der Waals surface area (Å²) in [6.45, 7) is 1.85. The van der Waals surface area contributed by atoms with Gasteiger partial charge in [0.1, 0.15) is 11.4 Å². The van der Waals surface area contributed by atoms with E-state index >= 15 is 0 Å². The number of esters is 1. The lowest BCUT2D eigenvalue weighted by atomic mass is 10.3. The molecule has 0 fully saturated rings. The van der Waals surface area contributed by atoms with Crippen LogP contribution in [0, 0.1) is 10.1 Å². The highest BCUT2D eigenvalue weighted by atomic mass is 16.6. The van der Waals surface area contributed by atoms with Crippen LogP contribution in [0.5, 0.6) is 5.75 Å².